The third-order valence-electron chi connectivity index (χ3n) is 4.72. The van der Waals surface area contributed by atoms with E-state index in [0.717, 1.165) is 30.5 Å². The maximum absolute atomic E-state index is 13.9. The lowest BCUT2D eigenvalue weighted by atomic mass is 10.2. The second kappa shape index (κ2) is 8.11. The summed E-state index contributed by atoms with van der Waals surface area (Å²) in [6, 6.07) is 10.2. The summed E-state index contributed by atoms with van der Waals surface area (Å²) in [6.07, 6.45) is 0.822. The molecule has 0 saturated carbocycles. The van der Waals surface area contributed by atoms with Crippen LogP contribution < -0.4 is 19.3 Å². The van der Waals surface area contributed by atoms with Gasteiger partial charge in [-0.15, -0.1) is 0 Å². The minimum atomic E-state index is -0.734. The zero-order valence-electron chi connectivity index (χ0n) is 15.4. The molecular formula is C19H22FN3O4. The van der Waals surface area contributed by atoms with Crippen LogP contribution in [0.4, 0.5) is 21.5 Å². The Hall–Kier alpha value is -3.03. The SMILES string of the molecule is COc1ccc(N2CCCN(c3cc(OC)c(F)cc3[N+](=O)[O-])CC2)cc1. The van der Waals surface area contributed by atoms with E-state index in [-0.39, 0.29) is 11.4 Å². The summed E-state index contributed by atoms with van der Waals surface area (Å²) in [5.74, 6) is 0.0683. The number of halogens is 1. The molecule has 0 spiro atoms. The Bertz CT molecular complexity index is 813. The molecule has 0 amide bonds. The molecule has 7 nitrogen and oxygen atoms in total. The van der Waals surface area contributed by atoms with Gasteiger partial charge >= 0.3 is 0 Å². The van der Waals surface area contributed by atoms with Crippen molar-refractivity contribution in [2.45, 2.75) is 6.42 Å². The molecule has 0 aliphatic carbocycles. The average molecular weight is 375 g/mol. The highest BCUT2D eigenvalue weighted by Crippen LogP contribution is 2.35. The molecule has 0 radical (unpaired) electrons. The quantitative estimate of drug-likeness (QED) is 0.589. The lowest BCUT2D eigenvalue weighted by molar-refractivity contribution is -0.384. The van der Waals surface area contributed by atoms with Crippen molar-refractivity contribution < 1.29 is 18.8 Å². The molecule has 2 aromatic rings. The molecule has 2 aromatic carbocycles. The van der Waals surface area contributed by atoms with Gasteiger partial charge in [0.2, 0.25) is 0 Å². The van der Waals surface area contributed by atoms with E-state index in [9.17, 15) is 14.5 Å². The number of rotatable bonds is 5. The monoisotopic (exact) mass is 375 g/mol. The van der Waals surface area contributed by atoms with Gasteiger partial charge in [-0.1, -0.05) is 0 Å². The second-order valence-electron chi connectivity index (χ2n) is 6.26. The molecule has 0 N–H and O–H groups in total. The van der Waals surface area contributed by atoms with Crippen LogP contribution in [-0.2, 0) is 0 Å². The molecular weight excluding hydrogens is 353 g/mol. The largest absolute Gasteiger partial charge is 0.497 e. The van der Waals surface area contributed by atoms with Gasteiger partial charge in [0, 0.05) is 37.9 Å². The Kier molecular flexibility index (Phi) is 5.63. The first kappa shape index (κ1) is 18.8. The van der Waals surface area contributed by atoms with E-state index in [1.54, 1.807) is 7.11 Å². The van der Waals surface area contributed by atoms with E-state index < -0.39 is 10.7 Å². The predicted molar refractivity (Wildman–Crippen MR) is 102 cm³/mol. The van der Waals surface area contributed by atoms with Crippen LogP contribution in [0, 0.1) is 15.9 Å². The summed E-state index contributed by atoms with van der Waals surface area (Å²) >= 11 is 0. The molecule has 3 rings (SSSR count). The van der Waals surface area contributed by atoms with E-state index in [0.29, 0.717) is 25.3 Å². The van der Waals surface area contributed by atoms with Gasteiger partial charge in [-0.25, -0.2) is 4.39 Å². The third kappa shape index (κ3) is 4.05. The Morgan fingerprint density at radius 2 is 1.67 bits per heavy atom. The van der Waals surface area contributed by atoms with Crippen LogP contribution in [0.5, 0.6) is 11.5 Å². The van der Waals surface area contributed by atoms with Crippen molar-refractivity contribution in [1.82, 2.24) is 0 Å². The normalized spacial score (nSPS) is 14.6. The van der Waals surface area contributed by atoms with Gasteiger partial charge < -0.3 is 19.3 Å². The van der Waals surface area contributed by atoms with Crippen LogP contribution in [0.1, 0.15) is 6.42 Å². The van der Waals surface area contributed by atoms with Crippen molar-refractivity contribution in [2.75, 3.05) is 50.2 Å². The number of hydrogen-bond acceptors (Lipinski definition) is 6. The van der Waals surface area contributed by atoms with Crippen LogP contribution in [-0.4, -0.2) is 45.3 Å². The molecule has 0 unspecified atom stereocenters. The highest BCUT2D eigenvalue weighted by atomic mass is 19.1. The molecule has 8 heteroatoms. The summed E-state index contributed by atoms with van der Waals surface area (Å²) in [5.41, 5.74) is 1.21. The van der Waals surface area contributed by atoms with E-state index >= 15 is 0 Å². The van der Waals surface area contributed by atoms with Crippen LogP contribution in [0.3, 0.4) is 0 Å². The molecule has 144 valence electrons. The molecule has 1 heterocycles. The first-order valence-corrected chi connectivity index (χ1v) is 8.69. The summed E-state index contributed by atoms with van der Waals surface area (Å²) in [4.78, 5) is 15.0. The minimum Gasteiger partial charge on any atom is -0.497 e. The fraction of sp³-hybridized carbons (Fsp3) is 0.368. The molecule has 27 heavy (non-hydrogen) atoms. The lowest BCUT2D eigenvalue weighted by Gasteiger charge is -2.25. The Morgan fingerprint density at radius 3 is 2.30 bits per heavy atom. The number of benzene rings is 2. The van der Waals surface area contributed by atoms with E-state index in [1.165, 1.54) is 13.2 Å². The molecule has 0 atom stereocenters. The van der Waals surface area contributed by atoms with E-state index in [2.05, 4.69) is 4.90 Å². The van der Waals surface area contributed by atoms with Crippen molar-refractivity contribution in [2.24, 2.45) is 0 Å². The predicted octanol–water partition coefficient (Wildman–Crippen LogP) is 3.47. The Morgan fingerprint density at radius 1 is 1.00 bits per heavy atom. The first-order valence-electron chi connectivity index (χ1n) is 8.69. The average Bonchev–Trinajstić information content (AvgIpc) is 2.94. The van der Waals surface area contributed by atoms with Crippen molar-refractivity contribution >= 4 is 17.1 Å². The van der Waals surface area contributed by atoms with Gasteiger partial charge in [0.25, 0.3) is 5.69 Å². The highest BCUT2D eigenvalue weighted by molar-refractivity contribution is 5.66. The maximum atomic E-state index is 13.9. The summed E-state index contributed by atoms with van der Waals surface area (Å²) in [6.45, 7) is 2.75. The highest BCUT2D eigenvalue weighted by Gasteiger charge is 2.25. The number of ether oxygens (including phenoxy) is 2. The van der Waals surface area contributed by atoms with Crippen molar-refractivity contribution in [1.29, 1.82) is 0 Å². The fourth-order valence-electron chi connectivity index (χ4n) is 3.30. The molecule has 1 saturated heterocycles. The fourth-order valence-corrected chi connectivity index (χ4v) is 3.30. The second-order valence-corrected chi connectivity index (χ2v) is 6.26. The van der Waals surface area contributed by atoms with Crippen LogP contribution in [0.25, 0.3) is 0 Å². The standard InChI is InChI=1S/C19H22FN3O4/c1-26-15-6-4-14(5-7-15)21-8-3-9-22(11-10-21)17-13-19(27-2)16(20)12-18(17)23(24)25/h4-7,12-13H,3,8-11H2,1-2H3. The van der Waals surface area contributed by atoms with Crippen molar-refractivity contribution in [3.05, 3.63) is 52.3 Å². The van der Waals surface area contributed by atoms with Crippen LogP contribution in [0.15, 0.2) is 36.4 Å². The number of nitro benzene ring substituents is 1. The molecule has 0 bridgehead atoms. The summed E-state index contributed by atoms with van der Waals surface area (Å²) < 4.78 is 24.1. The number of nitro groups is 1. The molecule has 1 fully saturated rings. The Balaban J connectivity index is 1.82. The van der Waals surface area contributed by atoms with Gasteiger partial charge in [0.15, 0.2) is 11.6 Å². The van der Waals surface area contributed by atoms with Crippen LogP contribution in [0.2, 0.25) is 0 Å². The number of methoxy groups -OCH3 is 2. The van der Waals surface area contributed by atoms with E-state index in [1.807, 2.05) is 29.2 Å². The minimum absolute atomic E-state index is 0.00635. The third-order valence-corrected chi connectivity index (χ3v) is 4.72. The van der Waals surface area contributed by atoms with E-state index in [4.69, 9.17) is 9.47 Å². The van der Waals surface area contributed by atoms with Crippen LogP contribution >= 0.6 is 0 Å². The zero-order chi connectivity index (χ0) is 19.4. The van der Waals surface area contributed by atoms with Gasteiger partial charge in [0.05, 0.1) is 25.2 Å². The lowest BCUT2D eigenvalue weighted by Crippen LogP contribution is -2.31. The van der Waals surface area contributed by atoms with Crippen molar-refractivity contribution in [3.63, 3.8) is 0 Å². The smallest absolute Gasteiger partial charge is 0.295 e. The maximum Gasteiger partial charge on any atom is 0.295 e. The summed E-state index contributed by atoms with van der Waals surface area (Å²) in [7, 11) is 2.98. The van der Waals surface area contributed by atoms with Crippen molar-refractivity contribution in [3.8, 4) is 11.5 Å². The van der Waals surface area contributed by atoms with Gasteiger partial charge in [-0.3, -0.25) is 10.1 Å². The number of nitrogens with zero attached hydrogens (tertiary/aromatic N) is 3. The van der Waals surface area contributed by atoms with Gasteiger partial charge in [-0.05, 0) is 30.7 Å². The Labute approximate surface area is 157 Å². The zero-order valence-corrected chi connectivity index (χ0v) is 15.4. The topological polar surface area (TPSA) is 68.1 Å². The van der Waals surface area contributed by atoms with Gasteiger partial charge in [0.1, 0.15) is 11.4 Å². The molecule has 1 aliphatic rings. The number of anilines is 2. The summed E-state index contributed by atoms with van der Waals surface area (Å²) in [5, 5.41) is 11.4. The van der Waals surface area contributed by atoms with Gasteiger partial charge in [-0.2, -0.15) is 0 Å². The molecule has 0 aromatic heterocycles. The molecule has 1 aliphatic heterocycles. The first-order chi connectivity index (χ1) is 13.0. The number of hydrogen-bond donors (Lipinski definition) is 0.